The first-order valence-electron chi connectivity index (χ1n) is 7.07. The second kappa shape index (κ2) is 9.79. The Morgan fingerprint density at radius 1 is 1.43 bits per heavy atom. The molecule has 4 N–H and O–H groups in total. The van der Waals surface area contributed by atoms with E-state index in [2.05, 4.69) is 29.9 Å². The Labute approximate surface area is 142 Å². The molecule has 0 saturated carbocycles. The van der Waals surface area contributed by atoms with Crippen molar-refractivity contribution in [2.45, 2.75) is 12.6 Å². The molecule has 0 fully saturated rings. The fourth-order valence-electron chi connectivity index (χ4n) is 2.06. The number of hydrogen-bond acceptors (Lipinski definition) is 3. The lowest BCUT2D eigenvalue weighted by molar-refractivity contribution is 0.162. The van der Waals surface area contributed by atoms with Crippen LogP contribution >= 0.6 is 11.6 Å². The predicted molar refractivity (Wildman–Crippen MR) is 97.5 cm³/mol. The Hall–Kier alpha value is -2.14. The van der Waals surface area contributed by atoms with E-state index in [0.717, 1.165) is 22.3 Å². The molecular weight excluding hydrogens is 310 g/mol. The van der Waals surface area contributed by atoms with Crippen molar-refractivity contribution in [2.75, 3.05) is 0 Å². The van der Waals surface area contributed by atoms with Gasteiger partial charge in [0.15, 0.2) is 0 Å². The van der Waals surface area contributed by atoms with E-state index in [9.17, 15) is 5.11 Å². The van der Waals surface area contributed by atoms with Crippen molar-refractivity contribution >= 4 is 17.2 Å². The van der Waals surface area contributed by atoms with E-state index in [4.69, 9.17) is 17.3 Å². The molecule has 0 amide bonds. The first kappa shape index (κ1) is 18.9. The van der Waals surface area contributed by atoms with Gasteiger partial charge in [-0.3, -0.25) is 5.10 Å². The second-order valence-electron chi connectivity index (χ2n) is 4.97. The lowest BCUT2D eigenvalue weighted by atomic mass is 9.87. The zero-order chi connectivity index (χ0) is 17.2. The number of nitrogens with two attached hydrogens (primary N) is 1. The van der Waals surface area contributed by atoms with Gasteiger partial charge >= 0.3 is 0 Å². The number of hydrogen-bond donors (Lipinski definition) is 3. The number of nitrogens with zero attached hydrogens (tertiary/aromatic N) is 1. The molecule has 0 radical (unpaired) electrons. The number of aliphatic hydroxyl groups excluding tert-OH is 1. The number of allylic oxidation sites excluding steroid dienone is 8. The van der Waals surface area contributed by atoms with Crippen LogP contribution in [-0.4, -0.2) is 21.5 Å². The van der Waals surface area contributed by atoms with Gasteiger partial charge in [0, 0.05) is 23.2 Å². The third-order valence-electron chi connectivity index (χ3n) is 3.29. The molecule has 0 saturated heterocycles. The summed E-state index contributed by atoms with van der Waals surface area (Å²) in [6.45, 7) is 11.9. The van der Waals surface area contributed by atoms with Crippen molar-refractivity contribution in [3.63, 3.8) is 0 Å². The topological polar surface area (TPSA) is 74.9 Å². The molecule has 0 spiro atoms. The molecule has 0 aromatic carbocycles. The van der Waals surface area contributed by atoms with Gasteiger partial charge in [0.25, 0.3) is 0 Å². The summed E-state index contributed by atoms with van der Waals surface area (Å²) in [6, 6.07) is 0. The summed E-state index contributed by atoms with van der Waals surface area (Å²) in [6.07, 6.45) is 11.7. The van der Waals surface area contributed by atoms with Crippen molar-refractivity contribution in [3.05, 3.63) is 84.8 Å². The van der Waals surface area contributed by atoms with Crippen LogP contribution < -0.4 is 5.73 Å². The molecule has 0 aliphatic carbocycles. The number of rotatable bonds is 9. The number of aromatic nitrogens is 2. The fraction of sp³-hybridized carbons (Fsp3) is 0.167. The normalized spacial score (nSPS) is 15.0. The first-order valence-corrected chi connectivity index (χ1v) is 7.51. The molecule has 0 bridgehead atoms. The van der Waals surface area contributed by atoms with Crippen molar-refractivity contribution < 1.29 is 5.11 Å². The van der Waals surface area contributed by atoms with Crippen molar-refractivity contribution in [3.8, 4) is 0 Å². The highest BCUT2D eigenvalue weighted by Gasteiger charge is 2.16. The molecule has 1 aromatic rings. The smallest absolute Gasteiger partial charge is 0.103 e. The molecule has 122 valence electrons. The van der Waals surface area contributed by atoms with Crippen molar-refractivity contribution in [1.29, 1.82) is 0 Å². The van der Waals surface area contributed by atoms with E-state index < -0.39 is 6.23 Å². The molecule has 23 heavy (non-hydrogen) atoms. The van der Waals surface area contributed by atoms with Gasteiger partial charge in [0.2, 0.25) is 0 Å². The van der Waals surface area contributed by atoms with Gasteiger partial charge in [-0.1, -0.05) is 61.7 Å². The van der Waals surface area contributed by atoms with E-state index in [1.54, 1.807) is 24.5 Å². The van der Waals surface area contributed by atoms with E-state index >= 15 is 0 Å². The minimum Gasteiger partial charge on any atom is -0.379 e. The van der Waals surface area contributed by atoms with Gasteiger partial charge in [-0.05, 0) is 23.1 Å². The minimum atomic E-state index is -0.953. The summed E-state index contributed by atoms with van der Waals surface area (Å²) in [5, 5.41) is 16.2. The summed E-state index contributed by atoms with van der Waals surface area (Å²) in [4.78, 5) is 0. The molecular formula is C18H22ClN3O. The zero-order valence-corrected chi connectivity index (χ0v) is 13.7. The van der Waals surface area contributed by atoms with Crippen LogP contribution in [0.5, 0.6) is 0 Å². The van der Waals surface area contributed by atoms with E-state index in [1.807, 2.05) is 18.2 Å². The van der Waals surface area contributed by atoms with E-state index in [-0.39, 0.29) is 5.92 Å². The van der Waals surface area contributed by atoms with Crippen molar-refractivity contribution in [1.82, 2.24) is 10.2 Å². The SMILES string of the molecule is C=CC(=CC=CCl)C(CC(N)O)C(=C)/C=C\C(=C)c1cn[nH]c1. The Balaban J connectivity index is 2.95. The summed E-state index contributed by atoms with van der Waals surface area (Å²) >= 11 is 5.56. The highest BCUT2D eigenvalue weighted by Crippen LogP contribution is 2.27. The van der Waals surface area contributed by atoms with Crippen LogP contribution in [0.3, 0.4) is 0 Å². The number of aliphatic hydroxyl groups is 1. The first-order chi connectivity index (χ1) is 11.0. The van der Waals surface area contributed by atoms with Gasteiger partial charge in [-0.2, -0.15) is 5.10 Å². The van der Waals surface area contributed by atoms with Gasteiger partial charge in [-0.15, -0.1) is 0 Å². The molecule has 2 atom stereocenters. The van der Waals surface area contributed by atoms with Gasteiger partial charge < -0.3 is 10.8 Å². The number of aromatic amines is 1. The lowest BCUT2D eigenvalue weighted by Gasteiger charge is -2.20. The third-order valence-corrected chi connectivity index (χ3v) is 3.44. The average Bonchev–Trinajstić information content (AvgIpc) is 3.06. The maximum absolute atomic E-state index is 9.55. The molecule has 0 aliphatic rings. The van der Waals surface area contributed by atoms with Crippen LogP contribution in [0.25, 0.3) is 5.57 Å². The number of H-pyrrole nitrogens is 1. The Morgan fingerprint density at radius 2 is 2.17 bits per heavy atom. The Morgan fingerprint density at radius 3 is 2.70 bits per heavy atom. The Kier molecular flexibility index (Phi) is 8.05. The lowest BCUT2D eigenvalue weighted by Crippen LogP contribution is -2.24. The monoisotopic (exact) mass is 331 g/mol. The molecule has 1 aromatic heterocycles. The molecule has 5 heteroatoms. The van der Waals surface area contributed by atoms with E-state index in [0.29, 0.717) is 6.42 Å². The molecule has 1 heterocycles. The van der Waals surface area contributed by atoms with Crippen LogP contribution in [0, 0.1) is 5.92 Å². The molecule has 1 rings (SSSR count). The highest BCUT2D eigenvalue weighted by atomic mass is 35.5. The molecule has 2 unspecified atom stereocenters. The fourth-order valence-corrected chi connectivity index (χ4v) is 2.14. The maximum Gasteiger partial charge on any atom is 0.103 e. The van der Waals surface area contributed by atoms with Crippen LogP contribution in [0.2, 0.25) is 0 Å². The minimum absolute atomic E-state index is 0.172. The van der Waals surface area contributed by atoms with Gasteiger partial charge in [0.05, 0.1) is 6.20 Å². The maximum atomic E-state index is 9.55. The number of halogens is 1. The standard InChI is InChI=1S/C18H22ClN3O/c1-4-15(6-5-9-19)17(10-18(20)23)14(3)8-7-13(2)16-11-21-22-12-16/h4-9,11-12,17-18,23H,1-3,10,20H2,(H,21,22)/b8-7-,9-5?,15-6?. The summed E-state index contributed by atoms with van der Waals surface area (Å²) in [5.41, 5.74) is 10.3. The van der Waals surface area contributed by atoms with E-state index in [1.165, 1.54) is 5.54 Å². The summed E-state index contributed by atoms with van der Waals surface area (Å²) in [7, 11) is 0. The second-order valence-corrected chi connectivity index (χ2v) is 5.22. The number of nitrogens with one attached hydrogen (secondary N) is 1. The van der Waals surface area contributed by atoms with Crippen molar-refractivity contribution in [2.24, 2.45) is 11.7 Å². The molecule has 4 nitrogen and oxygen atoms in total. The largest absolute Gasteiger partial charge is 0.379 e. The zero-order valence-electron chi connectivity index (χ0n) is 13.0. The average molecular weight is 332 g/mol. The quantitative estimate of drug-likeness (QED) is 0.477. The summed E-state index contributed by atoms with van der Waals surface area (Å²) in [5.74, 6) is -0.172. The van der Waals surface area contributed by atoms with Crippen LogP contribution in [0.1, 0.15) is 12.0 Å². The predicted octanol–water partition coefficient (Wildman–Crippen LogP) is 3.68. The third kappa shape index (κ3) is 6.24. The highest BCUT2D eigenvalue weighted by molar-refractivity contribution is 6.25. The molecule has 0 aliphatic heterocycles. The summed E-state index contributed by atoms with van der Waals surface area (Å²) < 4.78 is 0. The Bertz CT molecular complexity index is 625. The van der Waals surface area contributed by atoms with Crippen LogP contribution in [0.15, 0.2) is 79.2 Å². The van der Waals surface area contributed by atoms with Gasteiger partial charge in [0.1, 0.15) is 6.23 Å². The van der Waals surface area contributed by atoms with Gasteiger partial charge in [-0.25, -0.2) is 0 Å². The van der Waals surface area contributed by atoms with Crippen LogP contribution in [0.4, 0.5) is 0 Å². The van der Waals surface area contributed by atoms with Crippen LogP contribution in [-0.2, 0) is 0 Å².